The monoisotopic (exact) mass is 220 g/mol. The molecule has 3 nitrogen and oxygen atoms in total. The third kappa shape index (κ3) is 2.27. The van der Waals surface area contributed by atoms with Crippen LogP contribution in [0.2, 0.25) is 0 Å². The summed E-state index contributed by atoms with van der Waals surface area (Å²) in [6, 6.07) is 0. The molecule has 14 heavy (non-hydrogen) atoms. The normalized spacial score (nSPS) is 43.1. The van der Waals surface area contributed by atoms with E-state index in [0.29, 0.717) is 12.3 Å². The number of rotatable bonds is 4. The molecule has 1 aliphatic heterocycles. The van der Waals surface area contributed by atoms with Gasteiger partial charge in [0.25, 0.3) is 0 Å². The standard InChI is InChI=1S/C10H21O3P/c1-4-9-7(2)8(3)10(11,13-9)5-12-6-14/h7-9,11H,4-6,14H2,1-3H3/t7?,8?,9-,10-/m0/s1. The lowest BCUT2D eigenvalue weighted by molar-refractivity contribution is -0.234. The molecule has 1 saturated heterocycles. The number of hydrogen-bond donors (Lipinski definition) is 1. The van der Waals surface area contributed by atoms with Crippen LogP contribution in [0.1, 0.15) is 27.2 Å². The average Bonchev–Trinajstić information content (AvgIpc) is 2.40. The Bertz CT molecular complexity index is 188. The average molecular weight is 220 g/mol. The minimum atomic E-state index is -1.09. The Morgan fingerprint density at radius 1 is 1.50 bits per heavy atom. The Morgan fingerprint density at radius 2 is 2.14 bits per heavy atom. The highest BCUT2D eigenvalue weighted by molar-refractivity contribution is 7.16. The first kappa shape index (κ1) is 12.4. The molecule has 1 heterocycles. The molecular weight excluding hydrogens is 199 g/mol. The van der Waals surface area contributed by atoms with Crippen LogP contribution >= 0.6 is 9.24 Å². The van der Waals surface area contributed by atoms with Crippen LogP contribution < -0.4 is 0 Å². The first-order valence-corrected chi connectivity index (χ1v) is 6.04. The van der Waals surface area contributed by atoms with Gasteiger partial charge in [0.15, 0.2) is 5.79 Å². The summed E-state index contributed by atoms with van der Waals surface area (Å²) in [4.78, 5) is 0. The van der Waals surface area contributed by atoms with Crippen molar-refractivity contribution in [2.24, 2.45) is 11.8 Å². The van der Waals surface area contributed by atoms with Gasteiger partial charge in [-0.05, 0) is 12.3 Å². The van der Waals surface area contributed by atoms with E-state index in [0.717, 1.165) is 6.42 Å². The lowest BCUT2D eigenvalue weighted by Crippen LogP contribution is -2.40. The maximum absolute atomic E-state index is 10.2. The van der Waals surface area contributed by atoms with E-state index >= 15 is 0 Å². The van der Waals surface area contributed by atoms with Gasteiger partial charge >= 0.3 is 0 Å². The Morgan fingerprint density at radius 3 is 2.57 bits per heavy atom. The Balaban J connectivity index is 2.61. The SMILES string of the molecule is CC[C@@H]1O[C@@](O)(COCP)C(C)C1C. The maximum atomic E-state index is 10.2. The van der Waals surface area contributed by atoms with Crippen LogP contribution in [0.3, 0.4) is 0 Å². The van der Waals surface area contributed by atoms with Gasteiger partial charge in [-0.25, -0.2) is 0 Å². The number of aliphatic hydroxyl groups is 1. The van der Waals surface area contributed by atoms with Gasteiger partial charge in [0, 0.05) is 5.92 Å². The van der Waals surface area contributed by atoms with Gasteiger partial charge in [0.05, 0.1) is 12.5 Å². The predicted octanol–water partition coefficient (Wildman–Crippen LogP) is 1.61. The van der Waals surface area contributed by atoms with Crippen LogP contribution in [0.4, 0.5) is 0 Å². The van der Waals surface area contributed by atoms with Gasteiger partial charge in [-0.3, -0.25) is 0 Å². The highest BCUT2D eigenvalue weighted by Gasteiger charge is 2.49. The summed E-state index contributed by atoms with van der Waals surface area (Å²) in [5.41, 5.74) is 0. The maximum Gasteiger partial charge on any atom is 0.192 e. The van der Waals surface area contributed by atoms with Gasteiger partial charge in [-0.1, -0.05) is 20.8 Å². The fourth-order valence-corrected chi connectivity index (χ4v) is 2.15. The van der Waals surface area contributed by atoms with E-state index in [4.69, 9.17) is 9.47 Å². The van der Waals surface area contributed by atoms with Crippen LogP contribution in [0, 0.1) is 11.8 Å². The summed E-state index contributed by atoms with van der Waals surface area (Å²) in [5.74, 6) is -0.571. The second-order valence-corrected chi connectivity index (χ2v) is 4.41. The van der Waals surface area contributed by atoms with E-state index in [1.807, 2.05) is 6.92 Å². The minimum Gasteiger partial charge on any atom is -0.372 e. The van der Waals surface area contributed by atoms with E-state index in [9.17, 15) is 5.11 Å². The Kier molecular flexibility index (Phi) is 4.32. The molecule has 0 aromatic rings. The number of hydrogen-bond acceptors (Lipinski definition) is 3. The van der Waals surface area contributed by atoms with Crippen molar-refractivity contribution < 1.29 is 14.6 Å². The van der Waals surface area contributed by atoms with Gasteiger partial charge in [-0.2, -0.15) is 0 Å². The van der Waals surface area contributed by atoms with Crippen LogP contribution in [0.25, 0.3) is 0 Å². The van der Waals surface area contributed by atoms with Crippen molar-refractivity contribution in [3.05, 3.63) is 0 Å². The van der Waals surface area contributed by atoms with Crippen molar-refractivity contribution >= 4 is 9.24 Å². The molecule has 3 unspecified atom stereocenters. The highest BCUT2D eigenvalue weighted by Crippen LogP contribution is 2.40. The minimum absolute atomic E-state index is 0.129. The van der Waals surface area contributed by atoms with Gasteiger partial charge in [-0.15, -0.1) is 9.24 Å². The molecule has 1 rings (SSSR count). The van der Waals surface area contributed by atoms with Crippen molar-refractivity contribution in [2.45, 2.75) is 39.1 Å². The fourth-order valence-electron chi connectivity index (χ4n) is 2.04. The van der Waals surface area contributed by atoms with Gasteiger partial charge in [0.2, 0.25) is 0 Å². The first-order chi connectivity index (χ1) is 6.55. The Labute approximate surface area is 88.4 Å². The molecule has 0 aliphatic carbocycles. The first-order valence-electron chi connectivity index (χ1n) is 5.23. The summed E-state index contributed by atoms with van der Waals surface area (Å²) in [7, 11) is 2.47. The van der Waals surface area contributed by atoms with E-state index < -0.39 is 5.79 Å². The largest absolute Gasteiger partial charge is 0.372 e. The highest BCUT2D eigenvalue weighted by atomic mass is 31.0. The van der Waals surface area contributed by atoms with Gasteiger partial charge < -0.3 is 14.6 Å². The summed E-state index contributed by atoms with van der Waals surface area (Å²) >= 11 is 0. The molecule has 1 N–H and O–H groups in total. The zero-order valence-corrected chi connectivity index (χ0v) is 10.3. The molecule has 1 aliphatic rings. The second-order valence-electron chi connectivity index (χ2n) is 4.07. The van der Waals surface area contributed by atoms with Crippen LogP contribution in [0.15, 0.2) is 0 Å². The summed E-state index contributed by atoms with van der Waals surface area (Å²) in [6.45, 7) is 6.48. The van der Waals surface area contributed by atoms with Gasteiger partial charge in [0.1, 0.15) is 6.61 Å². The Hall–Kier alpha value is 0.310. The molecule has 0 aromatic carbocycles. The van der Waals surface area contributed by atoms with Crippen molar-refractivity contribution in [3.63, 3.8) is 0 Å². The zero-order chi connectivity index (χ0) is 10.8. The zero-order valence-electron chi connectivity index (χ0n) is 9.19. The summed E-state index contributed by atoms with van der Waals surface area (Å²) in [6.07, 6.45) is 1.63. The van der Waals surface area contributed by atoms with E-state index in [1.54, 1.807) is 0 Å². The molecule has 1 fully saturated rings. The lowest BCUT2D eigenvalue weighted by Gasteiger charge is -2.27. The number of ether oxygens (including phenoxy) is 2. The lowest BCUT2D eigenvalue weighted by atomic mass is 9.88. The molecule has 0 aromatic heterocycles. The quantitative estimate of drug-likeness (QED) is 0.731. The predicted molar refractivity (Wildman–Crippen MR) is 59.0 cm³/mol. The molecule has 5 atom stereocenters. The molecule has 0 saturated carbocycles. The molecule has 0 radical (unpaired) electrons. The van der Waals surface area contributed by atoms with Crippen LogP contribution in [0.5, 0.6) is 0 Å². The van der Waals surface area contributed by atoms with Crippen molar-refractivity contribution in [2.75, 3.05) is 13.0 Å². The molecule has 84 valence electrons. The smallest absolute Gasteiger partial charge is 0.192 e. The van der Waals surface area contributed by atoms with Crippen LogP contribution in [-0.2, 0) is 9.47 Å². The van der Waals surface area contributed by atoms with E-state index in [1.165, 1.54) is 0 Å². The third-order valence-corrected chi connectivity index (χ3v) is 3.51. The van der Waals surface area contributed by atoms with E-state index in [2.05, 4.69) is 23.1 Å². The summed E-state index contributed by atoms with van der Waals surface area (Å²) in [5, 5.41) is 10.2. The van der Waals surface area contributed by atoms with Crippen molar-refractivity contribution in [1.29, 1.82) is 0 Å². The topological polar surface area (TPSA) is 38.7 Å². The molecule has 0 amide bonds. The molecule has 0 spiro atoms. The molecule has 4 heteroatoms. The molecular formula is C10H21O3P. The van der Waals surface area contributed by atoms with E-state index in [-0.39, 0.29) is 18.6 Å². The summed E-state index contributed by atoms with van der Waals surface area (Å²) < 4.78 is 10.9. The van der Waals surface area contributed by atoms with Crippen molar-refractivity contribution in [1.82, 2.24) is 0 Å². The molecule has 0 bridgehead atoms. The van der Waals surface area contributed by atoms with Crippen molar-refractivity contribution in [3.8, 4) is 0 Å². The third-order valence-electron chi connectivity index (χ3n) is 3.27. The van der Waals surface area contributed by atoms with Crippen LogP contribution in [-0.4, -0.2) is 30.0 Å². The second kappa shape index (κ2) is 4.89. The fraction of sp³-hybridized carbons (Fsp3) is 1.00.